The molecule has 4 heteroatoms. The first-order valence-electron chi connectivity index (χ1n) is 5.67. The van der Waals surface area contributed by atoms with Gasteiger partial charge in [0, 0.05) is 15.2 Å². The summed E-state index contributed by atoms with van der Waals surface area (Å²) in [6.07, 6.45) is 0. The van der Waals surface area contributed by atoms with Crippen LogP contribution in [0.25, 0.3) is 0 Å². The van der Waals surface area contributed by atoms with Crippen molar-refractivity contribution in [3.05, 3.63) is 67.8 Å². The van der Waals surface area contributed by atoms with Crippen LogP contribution in [0.3, 0.4) is 0 Å². The summed E-state index contributed by atoms with van der Waals surface area (Å²) in [6, 6.07) is 7.29. The van der Waals surface area contributed by atoms with E-state index in [1.165, 1.54) is 13.0 Å². The summed E-state index contributed by atoms with van der Waals surface area (Å²) >= 11 is 2.06. The zero-order chi connectivity index (χ0) is 14.2. The van der Waals surface area contributed by atoms with Crippen molar-refractivity contribution in [3.8, 4) is 0 Å². The predicted octanol–water partition coefficient (Wildman–Crippen LogP) is 4.42. The molecule has 0 saturated heterocycles. The van der Waals surface area contributed by atoms with Crippen LogP contribution in [-0.2, 0) is 0 Å². The highest BCUT2D eigenvalue weighted by Gasteiger charge is 2.18. The van der Waals surface area contributed by atoms with Crippen LogP contribution >= 0.6 is 22.6 Å². The average molecular weight is 372 g/mol. The predicted molar refractivity (Wildman–Crippen MR) is 78.4 cm³/mol. The number of ketones is 1. The van der Waals surface area contributed by atoms with Gasteiger partial charge in [-0.15, -0.1) is 0 Å². The van der Waals surface area contributed by atoms with E-state index in [2.05, 4.69) is 22.6 Å². The molecule has 0 saturated carbocycles. The van der Waals surface area contributed by atoms with E-state index in [-0.39, 0.29) is 11.1 Å². The number of hydrogen-bond acceptors (Lipinski definition) is 1. The molecule has 0 heterocycles. The molecule has 2 rings (SSSR count). The Labute approximate surface area is 123 Å². The molecule has 0 aliphatic carbocycles. The molecule has 0 radical (unpaired) electrons. The summed E-state index contributed by atoms with van der Waals surface area (Å²) in [5, 5.41) is 0. The highest BCUT2D eigenvalue weighted by atomic mass is 127. The minimum Gasteiger partial charge on any atom is -0.288 e. The quantitative estimate of drug-likeness (QED) is 0.564. The molecular formula is C15H11F2IO. The lowest BCUT2D eigenvalue weighted by molar-refractivity contribution is 0.103. The van der Waals surface area contributed by atoms with Gasteiger partial charge in [0.25, 0.3) is 0 Å². The molecule has 1 nitrogen and oxygen atoms in total. The van der Waals surface area contributed by atoms with E-state index in [4.69, 9.17) is 0 Å². The Morgan fingerprint density at radius 1 is 1.00 bits per heavy atom. The zero-order valence-electron chi connectivity index (χ0n) is 10.4. The SMILES string of the molecule is Cc1cc(C(=O)c2cccc(C)c2I)c(F)cc1F. The molecule has 19 heavy (non-hydrogen) atoms. The topological polar surface area (TPSA) is 17.1 Å². The Morgan fingerprint density at radius 2 is 1.68 bits per heavy atom. The summed E-state index contributed by atoms with van der Waals surface area (Å²) in [5.41, 5.74) is 1.55. The van der Waals surface area contributed by atoms with E-state index >= 15 is 0 Å². The third kappa shape index (κ3) is 2.68. The highest BCUT2D eigenvalue weighted by Crippen LogP contribution is 2.22. The number of rotatable bonds is 2. The monoisotopic (exact) mass is 372 g/mol. The van der Waals surface area contributed by atoms with Gasteiger partial charge >= 0.3 is 0 Å². The second-order valence-corrected chi connectivity index (χ2v) is 5.43. The molecule has 0 amide bonds. The van der Waals surface area contributed by atoms with Crippen LogP contribution in [0, 0.1) is 29.1 Å². The third-order valence-electron chi connectivity index (χ3n) is 2.93. The summed E-state index contributed by atoms with van der Waals surface area (Å²) in [7, 11) is 0. The second-order valence-electron chi connectivity index (χ2n) is 4.35. The van der Waals surface area contributed by atoms with Gasteiger partial charge in [0.15, 0.2) is 5.78 Å². The van der Waals surface area contributed by atoms with E-state index < -0.39 is 17.4 Å². The van der Waals surface area contributed by atoms with Gasteiger partial charge < -0.3 is 0 Å². The summed E-state index contributed by atoms with van der Waals surface area (Å²) < 4.78 is 27.7. The van der Waals surface area contributed by atoms with E-state index in [1.54, 1.807) is 12.1 Å². The Bertz CT molecular complexity index is 665. The molecular weight excluding hydrogens is 361 g/mol. The van der Waals surface area contributed by atoms with E-state index in [0.717, 1.165) is 15.2 Å². The van der Waals surface area contributed by atoms with Crippen LogP contribution in [0.1, 0.15) is 27.0 Å². The summed E-state index contributed by atoms with van der Waals surface area (Å²) in [5.74, 6) is -1.90. The van der Waals surface area contributed by atoms with Crippen molar-refractivity contribution in [3.63, 3.8) is 0 Å². The Kier molecular flexibility index (Phi) is 3.99. The maximum absolute atomic E-state index is 13.7. The van der Waals surface area contributed by atoms with Crippen LogP contribution in [0.15, 0.2) is 30.3 Å². The zero-order valence-corrected chi connectivity index (χ0v) is 12.6. The fourth-order valence-electron chi connectivity index (χ4n) is 1.80. The molecule has 0 aromatic heterocycles. The minimum absolute atomic E-state index is 0.0950. The minimum atomic E-state index is -0.828. The maximum atomic E-state index is 13.7. The molecule has 0 atom stereocenters. The standard InChI is InChI=1S/C15H11F2IO/c1-8-4-3-5-10(14(8)18)15(19)11-6-9(2)12(16)7-13(11)17/h3-7H,1-2H3. The molecule has 0 fully saturated rings. The molecule has 0 aliphatic rings. The molecule has 0 unspecified atom stereocenters. The van der Waals surface area contributed by atoms with Crippen molar-refractivity contribution in [2.24, 2.45) is 0 Å². The first kappa shape index (κ1) is 14.1. The maximum Gasteiger partial charge on any atom is 0.197 e. The third-order valence-corrected chi connectivity index (χ3v) is 4.36. The lowest BCUT2D eigenvalue weighted by atomic mass is 9.99. The Balaban J connectivity index is 2.56. The van der Waals surface area contributed by atoms with Gasteiger partial charge in [0.1, 0.15) is 11.6 Å². The number of halogens is 3. The molecule has 98 valence electrons. The fourth-order valence-corrected chi connectivity index (χ4v) is 2.40. The molecule has 2 aromatic rings. The first-order chi connectivity index (χ1) is 8.91. The molecule has 2 aromatic carbocycles. The smallest absolute Gasteiger partial charge is 0.197 e. The van der Waals surface area contributed by atoms with Gasteiger partial charge in [-0.3, -0.25) is 4.79 Å². The fraction of sp³-hybridized carbons (Fsp3) is 0.133. The second kappa shape index (κ2) is 5.36. The number of benzene rings is 2. The molecule has 0 aliphatic heterocycles. The van der Waals surface area contributed by atoms with Crippen LogP contribution < -0.4 is 0 Å². The van der Waals surface area contributed by atoms with Crippen molar-refractivity contribution in [2.45, 2.75) is 13.8 Å². The van der Waals surface area contributed by atoms with Gasteiger partial charge in [0.2, 0.25) is 0 Å². The molecule has 0 spiro atoms. The van der Waals surface area contributed by atoms with Crippen molar-refractivity contribution >= 4 is 28.4 Å². The normalized spacial score (nSPS) is 10.6. The van der Waals surface area contributed by atoms with Crippen molar-refractivity contribution in [2.75, 3.05) is 0 Å². The Hall–Kier alpha value is -1.30. The van der Waals surface area contributed by atoms with Gasteiger partial charge in [-0.25, -0.2) is 8.78 Å². The largest absolute Gasteiger partial charge is 0.288 e. The average Bonchev–Trinajstić information content (AvgIpc) is 2.36. The molecule has 0 N–H and O–H groups in total. The number of aryl methyl sites for hydroxylation is 2. The van der Waals surface area contributed by atoms with Crippen LogP contribution in [0.4, 0.5) is 8.78 Å². The number of carbonyl (C=O) groups excluding carboxylic acids is 1. The van der Waals surface area contributed by atoms with Crippen molar-refractivity contribution < 1.29 is 13.6 Å². The Morgan fingerprint density at radius 3 is 2.37 bits per heavy atom. The van der Waals surface area contributed by atoms with Crippen LogP contribution in [-0.4, -0.2) is 5.78 Å². The van der Waals surface area contributed by atoms with Gasteiger partial charge in [-0.1, -0.05) is 12.1 Å². The summed E-state index contributed by atoms with van der Waals surface area (Å²) in [4.78, 5) is 12.3. The van der Waals surface area contributed by atoms with E-state index in [9.17, 15) is 13.6 Å². The number of hydrogen-bond donors (Lipinski definition) is 0. The van der Waals surface area contributed by atoms with Crippen molar-refractivity contribution in [1.82, 2.24) is 0 Å². The van der Waals surface area contributed by atoms with E-state index in [0.29, 0.717) is 5.56 Å². The van der Waals surface area contributed by atoms with E-state index in [1.807, 2.05) is 13.0 Å². The van der Waals surface area contributed by atoms with Gasteiger partial charge in [0.05, 0.1) is 5.56 Å². The number of carbonyl (C=O) groups is 1. The van der Waals surface area contributed by atoms with Crippen molar-refractivity contribution in [1.29, 1.82) is 0 Å². The lowest BCUT2D eigenvalue weighted by Gasteiger charge is -2.08. The molecule has 0 bridgehead atoms. The summed E-state index contributed by atoms with van der Waals surface area (Å²) in [6.45, 7) is 3.39. The van der Waals surface area contributed by atoms with Gasteiger partial charge in [-0.05, 0) is 59.7 Å². The lowest BCUT2D eigenvalue weighted by Crippen LogP contribution is -2.08. The highest BCUT2D eigenvalue weighted by molar-refractivity contribution is 14.1. The van der Waals surface area contributed by atoms with Gasteiger partial charge in [-0.2, -0.15) is 0 Å². The van der Waals surface area contributed by atoms with Crippen LogP contribution in [0.2, 0.25) is 0 Å². The first-order valence-corrected chi connectivity index (χ1v) is 6.75. The van der Waals surface area contributed by atoms with Crippen LogP contribution in [0.5, 0.6) is 0 Å².